The molecule has 32 heavy (non-hydrogen) atoms. The summed E-state index contributed by atoms with van der Waals surface area (Å²) in [5.74, 6) is -0.837. The molecule has 2 amide bonds. The second-order valence-electron chi connectivity index (χ2n) is 8.07. The third-order valence-corrected chi connectivity index (χ3v) is 4.67. The van der Waals surface area contributed by atoms with E-state index in [1.165, 1.54) is 29.8 Å². The van der Waals surface area contributed by atoms with Crippen molar-refractivity contribution in [3.05, 3.63) is 75.7 Å². The predicted molar refractivity (Wildman–Crippen MR) is 116 cm³/mol. The van der Waals surface area contributed by atoms with Gasteiger partial charge >= 0.3 is 11.8 Å². The Bertz CT molecular complexity index is 1110. The van der Waals surface area contributed by atoms with Gasteiger partial charge < -0.3 is 15.2 Å². The van der Waals surface area contributed by atoms with E-state index in [9.17, 15) is 19.7 Å². The molecule has 2 N–H and O–H groups in total. The van der Waals surface area contributed by atoms with Gasteiger partial charge in [-0.3, -0.25) is 19.7 Å². The van der Waals surface area contributed by atoms with Crippen molar-refractivity contribution in [3.63, 3.8) is 0 Å². The number of aromatic nitrogens is 2. The summed E-state index contributed by atoms with van der Waals surface area (Å²) in [6.07, 6.45) is 0. The number of nitro benzene ring substituents is 1. The minimum Gasteiger partial charge on any atom is -0.350 e. The fraction of sp³-hybridized carbons (Fsp3) is 0.273. The number of hydrogen-bond acceptors (Lipinski definition) is 7. The van der Waals surface area contributed by atoms with Crippen LogP contribution in [0.4, 0.5) is 5.69 Å². The van der Waals surface area contributed by atoms with Crippen LogP contribution in [-0.4, -0.2) is 40.0 Å². The number of non-ortho nitro benzene ring substituents is 1. The number of nitrogens with zero attached hydrogens (tertiary/aromatic N) is 3. The van der Waals surface area contributed by atoms with E-state index in [-0.39, 0.29) is 35.6 Å². The first kappa shape index (κ1) is 22.6. The van der Waals surface area contributed by atoms with E-state index >= 15 is 0 Å². The Kier molecular flexibility index (Phi) is 6.62. The highest BCUT2D eigenvalue weighted by molar-refractivity contribution is 5.94. The summed E-state index contributed by atoms with van der Waals surface area (Å²) in [4.78, 5) is 38.5. The van der Waals surface area contributed by atoms with Crippen molar-refractivity contribution in [3.8, 4) is 11.4 Å². The first-order valence-electron chi connectivity index (χ1n) is 9.90. The van der Waals surface area contributed by atoms with Gasteiger partial charge in [0.1, 0.15) is 0 Å². The smallest absolute Gasteiger partial charge is 0.316 e. The molecule has 10 heteroatoms. The molecule has 166 valence electrons. The molecule has 0 aliphatic heterocycles. The Morgan fingerprint density at radius 3 is 2.12 bits per heavy atom. The molecule has 0 spiro atoms. The fourth-order valence-corrected chi connectivity index (χ4v) is 2.82. The molecular formula is C22H23N5O5. The molecule has 3 rings (SSSR count). The number of rotatable bonds is 7. The topological polar surface area (TPSA) is 140 Å². The molecule has 0 fully saturated rings. The average Bonchev–Trinajstić information content (AvgIpc) is 3.26. The zero-order valence-corrected chi connectivity index (χ0v) is 17.9. The summed E-state index contributed by atoms with van der Waals surface area (Å²) in [5.41, 5.74) is 2.10. The highest BCUT2D eigenvalue weighted by atomic mass is 16.6. The van der Waals surface area contributed by atoms with Crippen LogP contribution in [-0.2, 0) is 5.41 Å². The van der Waals surface area contributed by atoms with Gasteiger partial charge in [0, 0.05) is 36.3 Å². The Morgan fingerprint density at radius 1 is 0.969 bits per heavy atom. The van der Waals surface area contributed by atoms with Crippen LogP contribution in [0.25, 0.3) is 11.4 Å². The largest absolute Gasteiger partial charge is 0.350 e. The van der Waals surface area contributed by atoms with E-state index in [1.54, 1.807) is 0 Å². The summed E-state index contributed by atoms with van der Waals surface area (Å²) in [7, 11) is 0. The van der Waals surface area contributed by atoms with Crippen molar-refractivity contribution >= 4 is 17.5 Å². The number of nitro groups is 1. The summed E-state index contributed by atoms with van der Waals surface area (Å²) in [5, 5.41) is 19.7. The number of hydrogen-bond donors (Lipinski definition) is 2. The van der Waals surface area contributed by atoms with Gasteiger partial charge in [0.2, 0.25) is 5.82 Å². The summed E-state index contributed by atoms with van der Waals surface area (Å²) >= 11 is 0. The molecule has 0 saturated carbocycles. The maximum Gasteiger partial charge on any atom is 0.316 e. The van der Waals surface area contributed by atoms with E-state index in [4.69, 9.17) is 4.52 Å². The molecular weight excluding hydrogens is 414 g/mol. The molecule has 0 unspecified atom stereocenters. The first-order chi connectivity index (χ1) is 15.1. The molecule has 0 aliphatic rings. The minimum atomic E-state index is -0.556. The molecule has 1 aromatic heterocycles. The zero-order chi connectivity index (χ0) is 23.3. The lowest BCUT2D eigenvalue weighted by molar-refractivity contribution is -0.384. The normalized spacial score (nSPS) is 11.1. The monoisotopic (exact) mass is 437 g/mol. The molecule has 0 bridgehead atoms. The molecule has 0 atom stereocenters. The number of nitrogens with one attached hydrogen (secondary N) is 2. The van der Waals surface area contributed by atoms with Crippen LogP contribution >= 0.6 is 0 Å². The molecule has 0 radical (unpaired) electrons. The quantitative estimate of drug-likeness (QED) is 0.329. The third-order valence-electron chi connectivity index (χ3n) is 4.67. The van der Waals surface area contributed by atoms with Crippen LogP contribution in [0.3, 0.4) is 0 Å². The lowest BCUT2D eigenvalue weighted by Crippen LogP contribution is -2.34. The van der Waals surface area contributed by atoms with Gasteiger partial charge in [-0.1, -0.05) is 50.2 Å². The van der Waals surface area contributed by atoms with E-state index in [2.05, 4.69) is 41.5 Å². The zero-order valence-electron chi connectivity index (χ0n) is 17.9. The fourth-order valence-electron chi connectivity index (χ4n) is 2.82. The highest BCUT2D eigenvalue weighted by Crippen LogP contribution is 2.25. The van der Waals surface area contributed by atoms with Gasteiger partial charge in [0.05, 0.1) is 4.92 Å². The Morgan fingerprint density at radius 2 is 1.56 bits per heavy atom. The highest BCUT2D eigenvalue weighted by Gasteiger charge is 2.17. The lowest BCUT2D eigenvalue weighted by Gasteiger charge is -2.18. The number of carbonyl (C=O) groups excluding carboxylic acids is 2. The standard InChI is InChI=1S/C22H23N5O5/c1-22(2,3)16-8-4-14(5-9-16)18-25-21(32-26-18)20(29)24-13-12-23-19(28)15-6-10-17(11-7-15)27(30)31/h4-11H,12-13H2,1-3H3,(H,23,28)(H,24,29). The molecule has 2 aromatic carbocycles. The van der Waals surface area contributed by atoms with Crippen molar-refractivity contribution in [1.82, 2.24) is 20.8 Å². The number of carbonyl (C=O) groups is 2. The Hall–Kier alpha value is -4.08. The van der Waals surface area contributed by atoms with Crippen molar-refractivity contribution in [1.29, 1.82) is 0 Å². The SMILES string of the molecule is CC(C)(C)c1ccc(-c2noc(C(=O)NCCNC(=O)c3ccc([N+](=O)[O-])cc3)n2)cc1. The number of benzene rings is 2. The molecule has 0 saturated heterocycles. The van der Waals surface area contributed by atoms with Crippen molar-refractivity contribution < 1.29 is 19.0 Å². The maximum absolute atomic E-state index is 12.2. The van der Waals surface area contributed by atoms with Crippen LogP contribution in [0.1, 0.15) is 47.4 Å². The maximum atomic E-state index is 12.2. The van der Waals surface area contributed by atoms with Crippen LogP contribution < -0.4 is 10.6 Å². The molecule has 0 aliphatic carbocycles. The van der Waals surface area contributed by atoms with E-state index < -0.39 is 16.7 Å². The van der Waals surface area contributed by atoms with Gasteiger partial charge in [-0.25, -0.2) is 0 Å². The molecule has 1 heterocycles. The van der Waals surface area contributed by atoms with Crippen LogP contribution in [0.5, 0.6) is 0 Å². The summed E-state index contributed by atoms with van der Waals surface area (Å²) < 4.78 is 5.04. The van der Waals surface area contributed by atoms with Crippen molar-refractivity contribution in [2.45, 2.75) is 26.2 Å². The minimum absolute atomic E-state index is 0.0225. The molecule has 10 nitrogen and oxygen atoms in total. The van der Waals surface area contributed by atoms with Crippen molar-refractivity contribution in [2.24, 2.45) is 0 Å². The van der Waals surface area contributed by atoms with Gasteiger partial charge in [-0.2, -0.15) is 4.98 Å². The van der Waals surface area contributed by atoms with Gasteiger partial charge in [0.25, 0.3) is 11.6 Å². The van der Waals surface area contributed by atoms with Crippen molar-refractivity contribution in [2.75, 3.05) is 13.1 Å². The average molecular weight is 437 g/mol. The van der Waals surface area contributed by atoms with Crippen LogP contribution in [0.15, 0.2) is 53.1 Å². The first-order valence-corrected chi connectivity index (χ1v) is 9.90. The summed E-state index contributed by atoms with van der Waals surface area (Å²) in [6, 6.07) is 12.9. The van der Waals surface area contributed by atoms with E-state index in [0.717, 1.165) is 5.56 Å². The van der Waals surface area contributed by atoms with Gasteiger partial charge in [-0.15, -0.1) is 0 Å². The predicted octanol–water partition coefficient (Wildman–Crippen LogP) is 3.10. The lowest BCUT2D eigenvalue weighted by atomic mass is 9.87. The van der Waals surface area contributed by atoms with E-state index in [0.29, 0.717) is 5.82 Å². The van der Waals surface area contributed by atoms with Gasteiger partial charge in [0.15, 0.2) is 0 Å². The second kappa shape index (κ2) is 9.38. The second-order valence-corrected chi connectivity index (χ2v) is 8.07. The Labute approximate surface area is 184 Å². The number of amides is 2. The third kappa shape index (κ3) is 5.54. The summed E-state index contributed by atoms with van der Waals surface area (Å²) in [6.45, 7) is 6.64. The van der Waals surface area contributed by atoms with Crippen LogP contribution in [0.2, 0.25) is 0 Å². The molecule has 3 aromatic rings. The van der Waals surface area contributed by atoms with Gasteiger partial charge in [-0.05, 0) is 23.1 Å². The van der Waals surface area contributed by atoms with Crippen LogP contribution in [0, 0.1) is 10.1 Å². The van der Waals surface area contributed by atoms with E-state index in [1.807, 2.05) is 24.3 Å². The Balaban J connectivity index is 1.49.